The molecule has 4 rings (SSSR count). The van der Waals surface area contributed by atoms with Crippen LogP contribution in [0.2, 0.25) is 0 Å². The Kier molecular flexibility index (Phi) is 4.48. The van der Waals surface area contributed by atoms with Gasteiger partial charge in [0.1, 0.15) is 11.8 Å². The van der Waals surface area contributed by atoms with Crippen molar-refractivity contribution < 1.29 is 19.1 Å². The first-order chi connectivity index (χ1) is 12.5. The molecule has 2 fully saturated rings. The number of nitrogens with zero attached hydrogens (tertiary/aromatic N) is 2. The van der Waals surface area contributed by atoms with Gasteiger partial charge < -0.3 is 24.3 Å². The molecule has 3 heterocycles. The lowest BCUT2D eigenvalue weighted by Crippen LogP contribution is -2.58. The fraction of sp³-hybridized carbons (Fsp3) is 0.579. The predicted molar refractivity (Wildman–Crippen MR) is 95.6 cm³/mol. The van der Waals surface area contributed by atoms with Crippen molar-refractivity contribution in [3.05, 3.63) is 24.1 Å². The summed E-state index contributed by atoms with van der Waals surface area (Å²) in [6, 6.07) is 3.38. The Bertz CT molecular complexity index is 776. The van der Waals surface area contributed by atoms with Crippen LogP contribution in [-0.2, 0) is 4.79 Å². The van der Waals surface area contributed by atoms with Gasteiger partial charge >= 0.3 is 0 Å². The number of aliphatic hydroxyl groups excluding tert-OH is 1. The Hall–Kier alpha value is -2.28. The number of nitrogens with one attached hydrogen (secondary N) is 1. The highest BCUT2D eigenvalue weighted by Gasteiger charge is 2.37. The molecule has 0 bridgehead atoms. The van der Waals surface area contributed by atoms with Crippen molar-refractivity contribution in [2.75, 3.05) is 19.6 Å². The van der Waals surface area contributed by atoms with Crippen molar-refractivity contribution in [1.82, 2.24) is 14.8 Å². The largest absolute Gasteiger partial charge is 0.463 e. The molecule has 2 aliphatic rings. The lowest BCUT2D eigenvalue weighted by atomic mass is 9.98. The van der Waals surface area contributed by atoms with Gasteiger partial charge in [-0.25, -0.2) is 0 Å². The smallest absolute Gasteiger partial charge is 0.270 e. The van der Waals surface area contributed by atoms with Gasteiger partial charge in [0.25, 0.3) is 11.8 Å². The van der Waals surface area contributed by atoms with E-state index in [2.05, 4.69) is 4.98 Å². The normalized spacial score (nSPS) is 22.9. The summed E-state index contributed by atoms with van der Waals surface area (Å²) < 4.78 is 5.30. The van der Waals surface area contributed by atoms with E-state index >= 15 is 0 Å². The lowest BCUT2D eigenvalue weighted by molar-refractivity contribution is -0.147. The lowest BCUT2D eigenvalue weighted by Gasteiger charge is -2.41. The molecule has 0 aromatic carbocycles. The summed E-state index contributed by atoms with van der Waals surface area (Å²) in [5.74, 6) is -0.190. The zero-order chi connectivity index (χ0) is 18.3. The van der Waals surface area contributed by atoms with E-state index in [1.165, 1.54) is 0 Å². The van der Waals surface area contributed by atoms with Crippen LogP contribution < -0.4 is 0 Å². The number of hydrogen-bond donors (Lipinski definition) is 2. The summed E-state index contributed by atoms with van der Waals surface area (Å²) >= 11 is 0. The number of amides is 2. The number of H-pyrrole nitrogens is 1. The van der Waals surface area contributed by atoms with E-state index in [-0.39, 0.29) is 23.8 Å². The van der Waals surface area contributed by atoms with E-state index in [9.17, 15) is 14.7 Å². The van der Waals surface area contributed by atoms with Crippen LogP contribution in [0.3, 0.4) is 0 Å². The number of aromatic nitrogens is 1. The number of fused-ring (bicyclic) bond motifs is 1. The van der Waals surface area contributed by atoms with Crippen molar-refractivity contribution in [3.63, 3.8) is 0 Å². The van der Waals surface area contributed by atoms with Gasteiger partial charge in [-0.3, -0.25) is 9.59 Å². The van der Waals surface area contributed by atoms with Crippen LogP contribution in [0.25, 0.3) is 11.1 Å². The molecule has 140 valence electrons. The number of aliphatic hydroxyl groups is 1. The quantitative estimate of drug-likeness (QED) is 0.877. The van der Waals surface area contributed by atoms with Crippen LogP contribution in [0.5, 0.6) is 0 Å². The van der Waals surface area contributed by atoms with E-state index in [1.807, 2.05) is 6.92 Å². The van der Waals surface area contributed by atoms with Crippen LogP contribution in [0.4, 0.5) is 0 Å². The molecular weight excluding hydrogens is 334 g/mol. The highest BCUT2D eigenvalue weighted by molar-refractivity contribution is 5.97. The Morgan fingerprint density at radius 3 is 2.77 bits per heavy atom. The minimum absolute atomic E-state index is 0.0868. The topological polar surface area (TPSA) is 89.8 Å². The molecule has 0 radical (unpaired) electrons. The maximum atomic E-state index is 12.7. The first-order valence-corrected chi connectivity index (χ1v) is 9.38. The minimum Gasteiger partial charge on any atom is -0.463 e. The molecule has 7 nitrogen and oxygen atoms in total. The highest BCUT2D eigenvalue weighted by atomic mass is 16.3. The maximum absolute atomic E-state index is 12.7. The number of aromatic amines is 1. The molecule has 7 heteroatoms. The van der Waals surface area contributed by atoms with Gasteiger partial charge in [0.2, 0.25) is 0 Å². The van der Waals surface area contributed by atoms with Crippen LogP contribution in [0.1, 0.15) is 43.1 Å². The number of rotatable bonds is 3. The minimum atomic E-state index is -0.905. The highest BCUT2D eigenvalue weighted by Crippen LogP contribution is 2.29. The predicted octanol–water partition coefficient (Wildman–Crippen LogP) is 1.98. The molecule has 26 heavy (non-hydrogen) atoms. The van der Waals surface area contributed by atoms with E-state index < -0.39 is 6.10 Å². The zero-order valence-electron chi connectivity index (χ0n) is 15.0. The molecule has 0 spiro atoms. The van der Waals surface area contributed by atoms with Gasteiger partial charge in [-0.05, 0) is 25.7 Å². The van der Waals surface area contributed by atoms with E-state index in [0.29, 0.717) is 30.9 Å². The van der Waals surface area contributed by atoms with Crippen molar-refractivity contribution in [2.45, 2.75) is 44.8 Å². The SMILES string of the molecule is C[C@@H]1CN(C(=O)c2cc3occc3[nH]2)CCN1C(=O)[C@@H](O)C1CCCC1. The molecule has 2 aromatic rings. The zero-order valence-corrected chi connectivity index (χ0v) is 15.0. The second-order valence-corrected chi connectivity index (χ2v) is 7.50. The third kappa shape index (κ3) is 3.00. The summed E-state index contributed by atoms with van der Waals surface area (Å²) in [5, 5.41) is 10.4. The van der Waals surface area contributed by atoms with E-state index in [4.69, 9.17) is 4.42 Å². The average Bonchev–Trinajstić information content (AvgIpc) is 3.36. The second kappa shape index (κ2) is 6.79. The van der Waals surface area contributed by atoms with Crippen molar-refractivity contribution in [2.24, 2.45) is 5.92 Å². The second-order valence-electron chi connectivity index (χ2n) is 7.50. The molecular formula is C19H25N3O4. The van der Waals surface area contributed by atoms with Gasteiger partial charge in [-0.2, -0.15) is 0 Å². The average molecular weight is 359 g/mol. The van der Waals surface area contributed by atoms with Crippen LogP contribution >= 0.6 is 0 Å². The van der Waals surface area contributed by atoms with Gasteiger partial charge in [-0.1, -0.05) is 12.8 Å². The first-order valence-electron chi connectivity index (χ1n) is 9.38. The van der Waals surface area contributed by atoms with Crippen molar-refractivity contribution in [3.8, 4) is 0 Å². The molecule has 1 saturated heterocycles. The van der Waals surface area contributed by atoms with Gasteiger partial charge in [0.15, 0.2) is 5.58 Å². The van der Waals surface area contributed by atoms with Gasteiger partial charge in [0.05, 0.1) is 11.8 Å². The summed E-state index contributed by atoms with van der Waals surface area (Å²) in [4.78, 5) is 32.0. The first kappa shape index (κ1) is 17.1. The summed E-state index contributed by atoms with van der Waals surface area (Å²) in [6.07, 6.45) is 4.70. The van der Waals surface area contributed by atoms with Crippen LogP contribution in [0.15, 0.2) is 22.8 Å². The van der Waals surface area contributed by atoms with Crippen molar-refractivity contribution in [1.29, 1.82) is 0 Å². The third-order valence-electron chi connectivity index (χ3n) is 5.77. The molecule has 0 unspecified atom stereocenters. The molecule has 1 aliphatic carbocycles. The Morgan fingerprint density at radius 2 is 2.08 bits per heavy atom. The fourth-order valence-corrected chi connectivity index (χ4v) is 4.25. The fourth-order valence-electron chi connectivity index (χ4n) is 4.25. The molecule has 1 saturated carbocycles. The summed E-state index contributed by atoms with van der Waals surface area (Å²) in [7, 11) is 0. The molecule has 2 N–H and O–H groups in total. The number of piperazine rings is 1. The Labute approximate surface area is 151 Å². The number of carbonyl (C=O) groups is 2. The van der Waals surface area contributed by atoms with Gasteiger partial charge in [0, 0.05) is 37.8 Å². The molecule has 2 atom stereocenters. The standard InChI is InChI=1S/C19H25N3O4/c1-12-11-21(18(24)15-10-16-14(20-15)6-9-26-16)7-8-22(12)19(25)17(23)13-4-2-3-5-13/h6,9-10,12-13,17,20,23H,2-5,7-8,11H2,1H3/t12-,17+/m1/s1. The molecule has 2 aromatic heterocycles. The molecule has 2 amide bonds. The Morgan fingerprint density at radius 1 is 1.31 bits per heavy atom. The Balaban J connectivity index is 1.40. The van der Waals surface area contributed by atoms with Crippen molar-refractivity contribution >= 4 is 22.9 Å². The van der Waals surface area contributed by atoms with Crippen LogP contribution in [0, 0.1) is 5.92 Å². The summed E-state index contributed by atoms with van der Waals surface area (Å²) in [6.45, 7) is 3.31. The number of furan rings is 1. The van der Waals surface area contributed by atoms with Gasteiger partial charge in [-0.15, -0.1) is 0 Å². The summed E-state index contributed by atoms with van der Waals surface area (Å²) in [5.41, 5.74) is 1.96. The van der Waals surface area contributed by atoms with E-state index in [0.717, 1.165) is 31.2 Å². The number of hydrogen-bond acceptors (Lipinski definition) is 4. The third-order valence-corrected chi connectivity index (χ3v) is 5.77. The number of carbonyl (C=O) groups excluding carboxylic acids is 2. The molecule has 1 aliphatic heterocycles. The maximum Gasteiger partial charge on any atom is 0.270 e. The van der Waals surface area contributed by atoms with Crippen LogP contribution in [-0.4, -0.2) is 63.5 Å². The van der Waals surface area contributed by atoms with E-state index in [1.54, 1.807) is 28.2 Å². The monoisotopic (exact) mass is 359 g/mol.